The number of benzene rings is 1. The first-order valence-corrected chi connectivity index (χ1v) is 11.7. The molecule has 0 saturated heterocycles. The number of ether oxygens (including phenoxy) is 1. The monoisotopic (exact) mass is 450 g/mol. The van der Waals surface area contributed by atoms with E-state index in [4.69, 9.17) is 10.00 Å². The fourth-order valence-electron chi connectivity index (χ4n) is 3.96. The van der Waals surface area contributed by atoms with E-state index in [-0.39, 0.29) is 11.7 Å². The third kappa shape index (κ3) is 4.97. The number of aromatic nitrogens is 3. The maximum absolute atomic E-state index is 12.5. The van der Waals surface area contributed by atoms with Crippen molar-refractivity contribution in [3.8, 4) is 11.8 Å². The second kappa shape index (κ2) is 9.92. The number of H-pyrrole nitrogens is 1. The topological polar surface area (TPSA) is 116 Å². The lowest BCUT2D eigenvalue weighted by molar-refractivity contribution is -0.113. The number of fused-ring (bicyclic) bond motifs is 1. The minimum absolute atomic E-state index is 0.128. The highest BCUT2D eigenvalue weighted by Gasteiger charge is 2.16. The van der Waals surface area contributed by atoms with Crippen molar-refractivity contribution in [3.63, 3.8) is 0 Å². The number of hydrogen-bond acceptors (Lipinski definition) is 7. The summed E-state index contributed by atoms with van der Waals surface area (Å²) in [5, 5.41) is 16.3. The summed E-state index contributed by atoms with van der Waals surface area (Å²) in [7, 11) is 1.65. The van der Waals surface area contributed by atoms with Crippen molar-refractivity contribution >= 4 is 40.1 Å². The van der Waals surface area contributed by atoms with Crippen LogP contribution in [0, 0.1) is 18.3 Å². The van der Waals surface area contributed by atoms with Crippen LogP contribution < -0.4 is 15.4 Å². The van der Waals surface area contributed by atoms with Crippen molar-refractivity contribution in [2.75, 3.05) is 23.5 Å². The van der Waals surface area contributed by atoms with Crippen LogP contribution in [0.15, 0.2) is 29.6 Å². The van der Waals surface area contributed by atoms with Gasteiger partial charge in [-0.2, -0.15) is 5.26 Å². The number of rotatable bonds is 7. The highest BCUT2D eigenvalue weighted by molar-refractivity contribution is 7.99. The molecule has 2 heterocycles. The van der Waals surface area contributed by atoms with Crippen LogP contribution in [0.2, 0.25) is 0 Å². The van der Waals surface area contributed by atoms with Gasteiger partial charge in [-0.25, -0.2) is 9.97 Å². The second-order valence-corrected chi connectivity index (χ2v) is 8.84. The molecule has 1 aliphatic rings. The Bertz CT molecular complexity index is 1160. The molecule has 166 valence electrons. The number of thioether (sulfide) groups is 1. The van der Waals surface area contributed by atoms with E-state index in [1.807, 2.05) is 25.1 Å². The maximum Gasteiger partial charge on any atom is 0.234 e. The van der Waals surface area contributed by atoms with Crippen LogP contribution in [-0.2, 0) is 4.79 Å². The Labute approximate surface area is 191 Å². The zero-order valence-electron chi connectivity index (χ0n) is 18.2. The Morgan fingerprint density at radius 1 is 1.34 bits per heavy atom. The van der Waals surface area contributed by atoms with Gasteiger partial charge in [0.1, 0.15) is 17.5 Å². The van der Waals surface area contributed by atoms with E-state index < -0.39 is 0 Å². The van der Waals surface area contributed by atoms with Crippen molar-refractivity contribution in [2.45, 2.75) is 50.2 Å². The number of aromatic amines is 1. The van der Waals surface area contributed by atoms with Crippen molar-refractivity contribution in [3.05, 3.63) is 35.7 Å². The van der Waals surface area contributed by atoms with Crippen LogP contribution >= 0.6 is 11.8 Å². The van der Waals surface area contributed by atoms with E-state index in [1.165, 1.54) is 31.0 Å². The number of methoxy groups -OCH3 is 1. The number of aryl methyl sites for hydroxylation is 1. The highest BCUT2D eigenvalue weighted by atomic mass is 32.2. The van der Waals surface area contributed by atoms with Crippen LogP contribution in [0.3, 0.4) is 0 Å². The molecule has 0 bridgehead atoms. The summed E-state index contributed by atoms with van der Waals surface area (Å²) in [4.78, 5) is 24.3. The summed E-state index contributed by atoms with van der Waals surface area (Å²) in [5.41, 5.74) is 4.16. The normalized spacial score (nSPS) is 14.2. The molecule has 0 spiro atoms. The summed E-state index contributed by atoms with van der Waals surface area (Å²) in [6.45, 7) is 1.82. The number of pyridine rings is 1. The quantitative estimate of drug-likeness (QED) is 0.450. The average Bonchev–Trinajstić information content (AvgIpc) is 3.23. The zero-order chi connectivity index (χ0) is 22.5. The minimum Gasteiger partial charge on any atom is -0.495 e. The first-order valence-electron chi connectivity index (χ1n) is 10.7. The van der Waals surface area contributed by atoms with Gasteiger partial charge in [0.2, 0.25) is 5.91 Å². The van der Waals surface area contributed by atoms with Crippen molar-refractivity contribution in [1.29, 1.82) is 5.26 Å². The van der Waals surface area contributed by atoms with Crippen molar-refractivity contribution < 1.29 is 9.53 Å². The lowest BCUT2D eigenvalue weighted by atomic mass is 9.95. The maximum atomic E-state index is 12.5. The molecular weight excluding hydrogens is 424 g/mol. The summed E-state index contributed by atoms with van der Waals surface area (Å²) in [5.74, 6) is 0.845. The predicted molar refractivity (Wildman–Crippen MR) is 126 cm³/mol. The molecule has 1 amide bonds. The van der Waals surface area contributed by atoms with Gasteiger partial charge in [0.25, 0.3) is 0 Å². The van der Waals surface area contributed by atoms with Crippen molar-refractivity contribution in [2.24, 2.45) is 0 Å². The molecule has 3 N–H and O–H groups in total. The van der Waals surface area contributed by atoms with Gasteiger partial charge in [-0.15, -0.1) is 0 Å². The zero-order valence-corrected chi connectivity index (χ0v) is 19.0. The Hall–Kier alpha value is -3.25. The number of nitrogens with zero attached hydrogens (tertiary/aromatic N) is 3. The van der Waals surface area contributed by atoms with Crippen molar-refractivity contribution in [1.82, 2.24) is 15.0 Å². The average molecular weight is 451 g/mol. The van der Waals surface area contributed by atoms with E-state index in [1.54, 1.807) is 13.3 Å². The summed E-state index contributed by atoms with van der Waals surface area (Å²) in [6.07, 6.45) is 7.67. The third-order valence-corrected chi connectivity index (χ3v) is 6.51. The van der Waals surface area contributed by atoms with E-state index in [2.05, 4.69) is 31.7 Å². The Kier molecular flexibility index (Phi) is 6.81. The first-order chi connectivity index (χ1) is 15.6. The lowest BCUT2D eigenvalue weighted by Gasteiger charge is -2.25. The summed E-state index contributed by atoms with van der Waals surface area (Å²) < 4.78 is 5.49. The number of hydrogen-bond donors (Lipinski definition) is 3. The van der Waals surface area contributed by atoms with Crippen LogP contribution in [0.1, 0.15) is 43.4 Å². The molecule has 8 nitrogen and oxygen atoms in total. The van der Waals surface area contributed by atoms with Gasteiger partial charge in [0.05, 0.1) is 35.8 Å². The second-order valence-electron chi connectivity index (χ2n) is 7.88. The number of nitrogens with one attached hydrogen (secondary N) is 3. The Balaban J connectivity index is 1.39. The number of nitriles is 1. The number of carbonyl (C=O) groups is 1. The molecule has 4 rings (SSSR count). The number of anilines is 2. The standard InChI is InChI=1S/C23H26N6O2S/c1-14-18(11-24)25-12-19-22(14)29-23(28-19)32-13-21(30)27-16-8-9-20(31-2)17(10-16)26-15-6-4-3-5-7-15/h8-10,12,15,26H,3-7,13H2,1-2H3,(H,27,30)(H,28,29). The van der Waals surface area contributed by atoms with E-state index >= 15 is 0 Å². The smallest absolute Gasteiger partial charge is 0.234 e. The predicted octanol–water partition coefficient (Wildman–Crippen LogP) is 4.62. The van der Waals surface area contributed by atoms with Crippen LogP contribution in [0.4, 0.5) is 11.4 Å². The molecule has 32 heavy (non-hydrogen) atoms. The summed E-state index contributed by atoms with van der Waals surface area (Å²) >= 11 is 1.31. The van der Waals surface area contributed by atoms with Gasteiger partial charge in [0.15, 0.2) is 5.16 Å². The molecule has 1 saturated carbocycles. The lowest BCUT2D eigenvalue weighted by Crippen LogP contribution is -2.22. The van der Waals surface area contributed by atoms with Crippen LogP contribution in [-0.4, -0.2) is 39.8 Å². The Morgan fingerprint density at radius 3 is 2.91 bits per heavy atom. The molecule has 0 unspecified atom stereocenters. The molecule has 3 aromatic rings. The van der Waals surface area contributed by atoms with Crippen LogP contribution in [0.25, 0.3) is 11.0 Å². The number of imidazole rings is 1. The molecule has 0 aliphatic heterocycles. The molecule has 1 aromatic carbocycles. The molecule has 1 fully saturated rings. The van der Waals surface area contributed by atoms with Gasteiger partial charge in [-0.3, -0.25) is 4.79 Å². The fourth-order valence-corrected chi connectivity index (χ4v) is 4.64. The first kappa shape index (κ1) is 22.0. The van der Waals surface area contributed by atoms with Gasteiger partial charge >= 0.3 is 0 Å². The molecule has 1 aliphatic carbocycles. The molecule has 0 radical (unpaired) electrons. The number of amides is 1. The minimum atomic E-state index is -0.128. The van der Waals surface area contributed by atoms with Crippen LogP contribution in [0.5, 0.6) is 5.75 Å². The van der Waals surface area contributed by atoms with Gasteiger partial charge in [-0.05, 0) is 38.0 Å². The SMILES string of the molecule is COc1ccc(NC(=O)CSc2nc3c(C)c(C#N)ncc3[nH]2)cc1NC1CCCCC1. The molecule has 2 aromatic heterocycles. The largest absolute Gasteiger partial charge is 0.495 e. The molecule has 9 heteroatoms. The Morgan fingerprint density at radius 2 is 2.16 bits per heavy atom. The summed E-state index contributed by atoms with van der Waals surface area (Å²) in [6, 6.07) is 8.14. The highest BCUT2D eigenvalue weighted by Crippen LogP contribution is 2.31. The fraction of sp³-hybridized carbons (Fsp3) is 0.391. The van der Waals surface area contributed by atoms with E-state index in [0.29, 0.717) is 22.4 Å². The molecular formula is C23H26N6O2S. The third-order valence-electron chi connectivity index (χ3n) is 5.64. The van der Waals surface area contributed by atoms with E-state index in [0.717, 1.165) is 41.0 Å². The van der Waals surface area contributed by atoms with E-state index in [9.17, 15) is 4.79 Å². The molecule has 0 atom stereocenters. The van der Waals surface area contributed by atoms with Gasteiger partial charge in [-0.1, -0.05) is 31.0 Å². The number of carbonyl (C=O) groups excluding carboxylic acids is 1. The van der Waals surface area contributed by atoms with Gasteiger partial charge < -0.3 is 20.4 Å². The van der Waals surface area contributed by atoms with Gasteiger partial charge in [0, 0.05) is 17.3 Å².